The van der Waals surface area contributed by atoms with Gasteiger partial charge < -0.3 is 4.74 Å². The summed E-state index contributed by atoms with van der Waals surface area (Å²) in [5.41, 5.74) is 1.96. The predicted molar refractivity (Wildman–Crippen MR) is 86.2 cm³/mol. The summed E-state index contributed by atoms with van der Waals surface area (Å²) in [4.78, 5) is 11.8. The Kier molecular flexibility index (Phi) is 4.53. The van der Waals surface area contributed by atoms with Gasteiger partial charge in [-0.05, 0) is 35.2 Å². The molecule has 4 heteroatoms. The van der Waals surface area contributed by atoms with Crippen LogP contribution in [0.1, 0.15) is 26.3 Å². The monoisotopic (exact) mass is 303 g/mol. The summed E-state index contributed by atoms with van der Waals surface area (Å²) < 4.78 is 5.16. The lowest BCUT2D eigenvalue weighted by Gasteiger charge is -2.19. The van der Waals surface area contributed by atoms with Crippen molar-refractivity contribution in [2.45, 2.75) is 26.2 Å². The maximum Gasteiger partial charge on any atom is 0.417 e. The van der Waals surface area contributed by atoms with Crippen molar-refractivity contribution in [2.24, 2.45) is 0 Å². The van der Waals surface area contributed by atoms with Crippen LogP contribution in [0.4, 0.5) is 10.5 Å². The zero-order valence-electron chi connectivity index (χ0n) is 12.3. The molecule has 1 amide bonds. The summed E-state index contributed by atoms with van der Waals surface area (Å²) in [6.07, 6.45) is -0.563. The molecule has 0 aromatic heterocycles. The largest absolute Gasteiger partial charge is 0.417 e. The van der Waals surface area contributed by atoms with Crippen molar-refractivity contribution in [1.29, 1.82) is 0 Å². The number of halogens is 1. The van der Waals surface area contributed by atoms with Crippen LogP contribution < -0.4 is 10.1 Å². The Bertz CT molecular complexity index is 630. The molecular weight excluding hydrogens is 286 g/mol. The fourth-order valence-corrected chi connectivity index (χ4v) is 2.00. The summed E-state index contributed by atoms with van der Waals surface area (Å²) in [6.45, 7) is 6.42. The van der Waals surface area contributed by atoms with E-state index in [0.717, 1.165) is 0 Å². The van der Waals surface area contributed by atoms with E-state index in [1.165, 1.54) is 5.56 Å². The van der Waals surface area contributed by atoms with E-state index in [9.17, 15) is 4.79 Å². The number of benzene rings is 2. The highest BCUT2D eigenvalue weighted by Gasteiger charge is 2.13. The number of carbonyl (C=O) groups is 1. The highest BCUT2D eigenvalue weighted by molar-refractivity contribution is 6.32. The van der Waals surface area contributed by atoms with Crippen LogP contribution in [-0.2, 0) is 5.41 Å². The van der Waals surface area contributed by atoms with E-state index in [1.807, 2.05) is 24.3 Å². The van der Waals surface area contributed by atoms with E-state index >= 15 is 0 Å². The minimum absolute atomic E-state index is 0.0800. The molecule has 2 aromatic rings. The summed E-state index contributed by atoms with van der Waals surface area (Å²) in [5, 5.41) is 3.08. The second-order valence-electron chi connectivity index (χ2n) is 5.77. The smallest absolute Gasteiger partial charge is 0.409 e. The van der Waals surface area contributed by atoms with Gasteiger partial charge in [0.05, 0.1) is 5.02 Å². The van der Waals surface area contributed by atoms with Crippen LogP contribution in [0.3, 0.4) is 0 Å². The molecule has 0 radical (unpaired) electrons. The highest BCUT2D eigenvalue weighted by atomic mass is 35.5. The first-order valence-corrected chi connectivity index (χ1v) is 7.08. The first kappa shape index (κ1) is 15.4. The summed E-state index contributed by atoms with van der Waals surface area (Å²) in [6, 6.07) is 14.5. The number of ether oxygens (including phenoxy) is 1. The quantitative estimate of drug-likeness (QED) is 0.823. The summed E-state index contributed by atoms with van der Waals surface area (Å²) >= 11 is 5.94. The number of rotatable bonds is 2. The molecular formula is C17H18ClNO2. The number of amides is 1. The van der Waals surface area contributed by atoms with E-state index < -0.39 is 6.09 Å². The van der Waals surface area contributed by atoms with Crippen molar-refractivity contribution >= 4 is 23.4 Å². The van der Waals surface area contributed by atoms with Crippen molar-refractivity contribution in [3.05, 3.63) is 59.1 Å². The Hall–Kier alpha value is -2.00. The van der Waals surface area contributed by atoms with Gasteiger partial charge in [-0.25, -0.2) is 4.79 Å². The fourth-order valence-electron chi connectivity index (χ4n) is 1.82. The molecule has 0 atom stereocenters. The molecule has 1 N–H and O–H groups in total. The van der Waals surface area contributed by atoms with E-state index in [2.05, 4.69) is 26.1 Å². The lowest BCUT2D eigenvalue weighted by Crippen LogP contribution is -2.17. The molecule has 0 saturated heterocycles. The molecule has 0 spiro atoms. The number of nitrogens with one attached hydrogen (secondary N) is 1. The molecule has 3 nitrogen and oxygen atoms in total. The molecule has 110 valence electrons. The van der Waals surface area contributed by atoms with E-state index in [1.54, 1.807) is 24.3 Å². The molecule has 0 heterocycles. The average molecular weight is 304 g/mol. The Morgan fingerprint density at radius 1 is 1.05 bits per heavy atom. The molecule has 0 bridgehead atoms. The predicted octanol–water partition coefficient (Wildman–Crippen LogP) is 5.25. The van der Waals surface area contributed by atoms with Crippen molar-refractivity contribution in [3.63, 3.8) is 0 Å². The second kappa shape index (κ2) is 6.19. The van der Waals surface area contributed by atoms with Gasteiger partial charge in [-0.3, -0.25) is 5.32 Å². The van der Waals surface area contributed by atoms with Crippen LogP contribution >= 0.6 is 11.6 Å². The molecule has 2 aromatic carbocycles. The number of para-hydroxylation sites is 1. The van der Waals surface area contributed by atoms with Crippen molar-refractivity contribution in [2.75, 3.05) is 5.32 Å². The van der Waals surface area contributed by atoms with E-state index in [4.69, 9.17) is 16.3 Å². The standard InChI is InChI=1S/C17H18ClNO2/c1-17(2,3)12-8-10-13(11-9-12)19-16(20)21-15-7-5-4-6-14(15)18/h4-11H,1-3H3,(H,19,20). The first-order chi connectivity index (χ1) is 9.86. The van der Waals surface area contributed by atoms with E-state index in [0.29, 0.717) is 16.5 Å². The number of carbonyl (C=O) groups excluding carboxylic acids is 1. The normalized spacial score (nSPS) is 11.0. The summed E-state index contributed by atoms with van der Waals surface area (Å²) in [7, 11) is 0. The number of anilines is 1. The van der Waals surface area contributed by atoms with Crippen molar-refractivity contribution in [3.8, 4) is 5.75 Å². The van der Waals surface area contributed by atoms with Gasteiger partial charge in [0, 0.05) is 5.69 Å². The molecule has 0 fully saturated rings. The number of hydrogen-bond acceptors (Lipinski definition) is 2. The SMILES string of the molecule is CC(C)(C)c1ccc(NC(=O)Oc2ccccc2Cl)cc1. The van der Waals surface area contributed by atoms with Gasteiger partial charge >= 0.3 is 6.09 Å². The highest BCUT2D eigenvalue weighted by Crippen LogP contribution is 2.25. The zero-order chi connectivity index (χ0) is 15.5. The van der Waals surface area contributed by atoms with Gasteiger partial charge in [0.15, 0.2) is 5.75 Å². The Morgan fingerprint density at radius 3 is 2.24 bits per heavy atom. The Labute approximate surface area is 129 Å². The third kappa shape index (κ3) is 4.23. The lowest BCUT2D eigenvalue weighted by atomic mass is 9.87. The Balaban J connectivity index is 2.02. The molecule has 0 aliphatic carbocycles. The molecule has 2 rings (SSSR count). The lowest BCUT2D eigenvalue weighted by molar-refractivity contribution is 0.215. The van der Waals surface area contributed by atoms with Crippen molar-refractivity contribution in [1.82, 2.24) is 0 Å². The van der Waals surface area contributed by atoms with Crippen molar-refractivity contribution < 1.29 is 9.53 Å². The van der Waals surface area contributed by atoms with Gasteiger partial charge in [-0.2, -0.15) is 0 Å². The van der Waals surface area contributed by atoms with Gasteiger partial charge in [-0.15, -0.1) is 0 Å². The van der Waals surface area contributed by atoms with Crippen LogP contribution in [0.25, 0.3) is 0 Å². The minimum Gasteiger partial charge on any atom is -0.409 e. The average Bonchev–Trinajstić information content (AvgIpc) is 2.41. The van der Waals surface area contributed by atoms with E-state index in [-0.39, 0.29) is 5.41 Å². The molecule has 0 unspecified atom stereocenters. The van der Waals surface area contributed by atoms with Crippen LogP contribution in [-0.4, -0.2) is 6.09 Å². The second-order valence-corrected chi connectivity index (χ2v) is 6.18. The minimum atomic E-state index is -0.563. The molecule has 0 aliphatic rings. The van der Waals surface area contributed by atoms with Gasteiger partial charge in [-0.1, -0.05) is 56.6 Å². The van der Waals surface area contributed by atoms with Crippen LogP contribution in [0.15, 0.2) is 48.5 Å². The van der Waals surface area contributed by atoms with Gasteiger partial charge in [0.1, 0.15) is 0 Å². The summed E-state index contributed by atoms with van der Waals surface area (Å²) in [5.74, 6) is 0.336. The zero-order valence-corrected chi connectivity index (χ0v) is 13.1. The van der Waals surface area contributed by atoms with Crippen LogP contribution in [0.5, 0.6) is 5.75 Å². The topological polar surface area (TPSA) is 38.3 Å². The first-order valence-electron chi connectivity index (χ1n) is 6.70. The maximum absolute atomic E-state index is 11.8. The third-order valence-corrected chi connectivity index (χ3v) is 3.35. The molecule has 0 saturated carbocycles. The van der Waals surface area contributed by atoms with Crippen LogP contribution in [0.2, 0.25) is 5.02 Å². The molecule has 0 aliphatic heterocycles. The number of hydrogen-bond donors (Lipinski definition) is 1. The third-order valence-electron chi connectivity index (χ3n) is 3.04. The van der Waals surface area contributed by atoms with Gasteiger partial charge in [0.25, 0.3) is 0 Å². The fraction of sp³-hybridized carbons (Fsp3) is 0.235. The molecule has 21 heavy (non-hydrogen) atoms. The van der Waals surface area contributed by atoms with Crippen LogP contribution in [0, 0.1) is 0 Å². The maximum atomic E-state index is 11.8. The Morgan fingerprint density at radius 2 is 1.67 bits per heavy atom. The van der Waals surface area contributed by atoms with Gasteiger partial charge in [0.2, 0.25) is 0 Å².